The number of aryl methyl sites for hydroxylation is 1. The molecule has 1 nitrogen and oxygen atoms in total. The van der Waals surface area contributed by atoms with Crippen molar-refractivity contribution < 1.29 is 41.7 Å². The van der Waals surface area contributed by atoms with Gasteiger partial charge in [0.2, 0.25) is 0 Å². The average molecular weight is 597 g/mol. The first-order valence-electron chi connectivity index (χ1n) is 12.2. The molecular weight excluding hydrogens is 550 g/mol. The third-order valence-corrected chi connectivity index (χ3v) is 5.40. The molecule has 35 heavy (non-hydrogen) atoms. The van der Waals surface area contributed by atoms with Gasteiger partial charge in [-0.2, -0.15) is 59.2 Å². The van der Waals surface area contributed by atoms with Crippen LogP contribution in [0, 0.1) is 48.7 Å². The van der Waals surface area contributed by atoms with Crippen LogP contribution in [0.4, 0.5) is 0 Å². The van der Waals surface area contributed by atoms with Crippen molar-refractivity contribution in [3.8, 4) is 0 Å². The number of rotatable bonds is 0. The minimum absolute atomic E-state index is 0. The molecule has 0 saturated carbocycles. The van der Waals surface area contributed by atoms with Gasteiger partial charge >= 0.3 is 41.7 Å². The summed E-state index contributed by atoms with van der Waals surface area (Å²) < 4.78 is 0. The summed E-state index contributed by atoms with van der Waals surface area (Å²) in [6.45, 7) is 22.0. The molecule has 187 valence electrons. The Hall–Kier alpha value is -1.42. The Labute approximate surface area is 249 Å². The zero-order valence-electron chi connectivity index (χ0n) is 23.7. The molecule has 0 aliphatic heterocycles. The van der Waals surface area contributed by atoms with Gasteiger partial charge in [0.25, 0.3) is 0 Å². The van der Waals surface area contributed by atoms with Gasteiger partial charge in [-0.05, 0) is 18.6 Å². The van der Waals surface area contributed by atoms with Gasteiger partial charge in [0.1, 0.15) is 0 Å². The van der Waals surface area contributed by atoms with Crippen molar-refractivity contribution in [1.82, 2.24) is 4.98 Å². The Kier molecular flexibility index (Phi) is 15.0. The number of nitrogens with zero attached hydrogens (tertiary/aromatic N) is 1. The molecule has 0 atom stereocenters. The van der Waals surface area contributed by atoms with E-state index in [9.17, 15) is 0 Å². The molecule has 1 radical (unpaired) electrons. The van der Waals surface area contributed by atoms with E-state index in [1.54, 1.807) is 6.20 Å². The van der Waals surface area contributed by atoms with E-state index in [4.69, 9.17) is 0 Å². The summed E-state index contributed by atoms with van der Waals surface area (Å²) in [6, 6.07) is 29.5. The van der Waals surface area contributed by atoms with E-state index in [1.165, 1.54) is 22.3 Å². The molecule has 4 aromatic rings. The minimum Gasteiger partial charge on any atom is -0.264 e. The summed E-state index contributed by atoms with van der Waals surface area (Å²) in [5.74, 6) is 0. The Bertz CT molecular complexity index is 865. The average Bonchev–Trinajstić information content (AvgIpc) is 3.53. The number of pyridine rings is 1. The largest absolute Gasteiger partial charge is 3.00 e. The van der Waals surface area contributed by atoms with Crippen LogP contribution in [0.2, 0.25) is 0 Å². The van der Waals surface area contributed by atoms with Crippen molar-refractivity contribution >= 4 is 0 Å². The second-order valence-electron chi connectivity index (χ2n) is 11.8. The van der Waals surface area contributed by atoms with Crippen LogP contribution in [0.5, 0.6) is 0 Å². The fourth-order valence-electron chi connectivity index (χ4n) is 3.07. The van der Waals surface area contributed by atoms with Gasteiger partial charge in [0, 0.05) is 12.4 Å². The molecule has 1 heterocycles. The van der Waals surface area contributed by atoms with Crippen LogP contribution in [0.1, 0.15) is 84.6 Å². The van der Waals surface area contributed by atoms with Crippen molar-refractivity contribution in [1.29, 1.82) is 0 Å². The maximum absolute atomic E-state index is 3.88. The normalized spacial score (nSPS) is 10.9. The fourth-order valence-corrected chi connectivity index (χ4v) is 3.07. The minimum atomic E-state index is 0. The second kappa shape index (κ2) is 15.6. The molecule has 0 unspecified atom stereocenters. The van der Waals surface area contributed by atoms with Gasteiger partial charge in [0.05, 0.1) is 0 Å². The Morgan fingerprint density at radius 2 is 1.14 bits per heavy atom. The number of hydrogen-bond acceptors (Lipinski definition) is 1. The summed E-state index contributed by atoms with van der Waals surface area (Å²) >= 11 is 0. The molecule has 3 aromatic carbocycles. The number of hydrogen-bond donors (Lipinski definition) is 0. The van der Waals surface area contributed by atoms with E-state index in [0.717, 1.165) is 0 Å². The summed E-state index contributed by atoms with van der Waals surface area (Å²) in [7, 11) is 0. The van der Waals surface area contributed by atoms with Crippen LogP contribution in [-0.2, 0) is 16.2 Å². The van der Waals surface area contributed by atoms with E-state index in [0.29, 0.717) is 16.2 Å². The van der Waals surface area contributed by atoms with Crippen LogP contribution >= 0.6 is 0 Å². The van der Waals surface area contributed by atoms with Crippen LogP contribution in [0.15, 0.2) is 97.3 Å². The van der Waals surface area contributed by atoms with Gasteiger partial charge < -0.3 is 0 Å². The molecule has 0 N–H and O–H groups in total. The Balaban J connectivity index is 0.000000438. The smallest absolute Gasteiger partial charge is 0.264 e. The Morgan fingerprint density at radius 3 is 1.31 bits per heavy atom. The van der Waals surface area contributed by atoms with Crippen molar-refractivity contribution in [2.45, 2.75) is 85.5 Å². The SMILES string of the molecule is CC(C)(C)[c-]1cccc1.CC(C)(C)[c-]1cccc1.CC(C)(C)c1cc[cH-]c1.Cc1cccnc1.[Ce+3]. The maximum atomic E-state index is 3.88. The second-order valence-corrected chi connectivity index (χ2v) is 11.8. The molecule has 0 fully saturated rings. The summed E-state index contributed by atoms with van der Waals surface area (Å²) in [5, 5.41) is 0. The van der Waals surface area contributed by atoms with Gasteiger partial charge in [0.15, 0.2) is 0 Å². The van der Waals surface area contributed by atoms with Crippen LogP contribution in [0.25, 0.3) is 0 Å². The van der Waals surface area contributed by atoms with Gasteiger partial charge in [-0.1, -0.05) is 84.6 Å². The standard InChI is InChI=1S/3C9H13.C6H7N.Ce/c3*1-9(2,3)8-6-4-5-7-8;1-6-3-2-4-7-5-6;/h3*4-7H,1-3H3;2-5H,1H3;/q3*-1;;+3. The van der Waals surface area contributed by atoms with Crippen LogP contribution < -0.4 is 0 Å². The monoisotopic (exact) mass is 596 g/mol. The van der Waals surface area contributed by atoms with E-state index in [1.807, 2.05) is 25.3 Å². The van der Waals surface area contributed by atoms with E-state index in [-0.39, 0.29) is 41.7 Å². The Morgan fingerprint density at radius 1 is 0.686 bits per heavy atom. The molecule has 0 aliphatic rings. The quantitative estimate of drug-likeness (QED) is 0.184. The topological polar surface area (TPSA) is 12.9 Å². The third-order valence-electron chi connectivity index (χ3n) is 5.40. The third kappa shape index (κ3) is 14.7. The molecule has 0 bridgehead atoms. The fraction of sp³-hybridized carbons (Fsp3) is 0.394. The van der Waals surface area contributed by atoms with E-state index < -0.39 is 0 Å². The van der Waals surface area contributed by atoms with Crippen molar-refractivity contribution in [2.24, 2.45) is 0 Å². The molecule has 2 heteroatoms. The van der Waals surface area contributed by atoms with Gasteiger partial charge in [-0.25, -0.2) is 30.3 Å². The first-order valence-corrected chi connectivity index (χ1v) is 12.2. The van der Waals surface area contributed by atoms with Crippen molar-refractivity contribution in [3.63, 3.8) is 0 Å². The summed E-state index contributed by atoms with van der Waals surface area (Å²) in [6.07, 6.45) is 3.60. The predicted molar refractivity (Wildman–Crippen MR) is 151 cm³/mol. The zero-order valence-corrected chi connectivity index (χ0v) is 26.8. The van der Waals surface area contributed by atoms with Crippen LogP contribution in [-0.4, -0.2) is 4.98 Å². The van der Waals surface area contributed by atoms with Crippen molar-refractivity contribution in [2.75, 3.05) is 0 Å². The molecule has 0 saturated heterocycles. The summed E-state index contributed by atoms with van der Waals surface area (Å²) in [4.78, 5) is 3.88. The molecule has 4 rings (SSSR count). The van der Waals surface area contributed by atoms with E-state index in [2.05, 4.69) is 140 Å². The zero-order chi connectivity index (χ0) is 25.8. The maximum Gasteiger partial charge on any atom is 3.00 e. The molecule has 0 spiro atoms. The predicted octanol–water partition coefficient (Wildman–Crippen LogP) is 9.50. The first kappa shape index (κ1) is 33.6. The first-order chi connectivity index (χ1) is 15.7. The van der Waals surface area contributed by atoms with Gasteiger partial charge in [-0.3, -0.25) is 4.98 Å². The van der Waals surface area contributed by atoms with E-state index >= 15 is 0 Å². The molecule has 0 aliphatic carbocycles. The van der Waals surface area contributed by atoms with Crippen molar-refractivity contribution in [3.05, 3.63) is 120 Å². The molecule has 0 amide bonds. The van der Waals surface area contributed by atoms with Crippen LogP contribution in [0.3, 0.4) is 0 Å². The molecular formula is C33H46CeN. The van der Waals surface area contributed by atoms with Gasteiger partial charge in [-0.15, -0.1) is 0 Å². The summed E-state index contributed by atoms with van der Waals surface area (Å²) in [5.41, 5.74) is 6.44. The number of aromatic nitrogens is 1. The molecule has 1 aromatic heterocycles.